The number of hydrogen-bond donors (Lipinski definition) is 0. The number of nitrogens with zero attached hydrogens (tertiary/aromatic N) is 1. The maximum atomic E-state index is 5.92. The molecule has 0 aromatic heterocycles. The average Bonchev–Trinajstić information content (AvgIpc) is 3.16. The van der Waals surface area contributed by atoms with Crippen LogP contribution in [0.15, 0.2) is 0 Å². The van der Waals surface area contributed by atoms with Crippen LogP contribution in [0, 0.1) is 5.41 Å². The van der Waals surface area contributed by atoms with Gasteiger partial charge in [-0.05, 0) is 71.8 Å². The van der Waals surface area contributed by atoms with Crippen LogP contribution in [0.5, 0.6) is 0 Å². The Hall–Kier alpha value is -0.120. The lowest BCUT2D eigenvalue weighted by molar-refractivity contribution is -0.0286. The molecular formula is C17H33NO2. The van der Waals surface area contributed by atoms with Gasteiger partial charge in [-0.2, -0.15) is 0 Å². The highest BCUT2D eigenvalue weighted by atomic mass is 16.5. The maximum absolute atomic E-state index is 5.92. The van der Waals surface area contributed by atoms with E-state index in [2.05, 4.69) is 32.6 Å². The molecule has 0 bridgehead atoms. The molecule has 1 aliphatic carbocycles. The predicted octanol–water partition coefficient (Wildman–Crippen LogP) is 3.47. The lowest BCUT2D eigenvalue weighted by Crippen LogP contribution is -2.39. The molecule has 2 aliphatic rings. The van der Waals surface area contributed by atoms with Crippen molar-refractivity contribution in [2.45, 2.75) is 78.1 Å². The first-order chi connectivity index (χ1) is 9.49. The zero-order valence-corrected chi connectivity index (χ0v) is 13.9. The normalized spacial score (nSPS) is 23.7. The molecule has 1 heterocycles. The molecule has 0 radical (unpaired) electrons. The Morgan fingerprint density at radius 3 is 2.20 bits per heavy atom. The van der Waals surface area contributed by atoms with Crippen molar-refractivity contribution in [1.82, 2.24) is 4.90 Å². The van der Waals surface area contributed by atoms with Crippen LogP contribution < -0.4 is 0 Å². The standard InChI is InChI=1S/C17H33NO2/c1-14(2)19-13-17(7-8-17)9-12-18-10-5-16(6-11-18)20-15(3)4/h14-16H,5-13H2,1-4H3. The molecule has 0 spiro atoms. The van der Waals surface area contributed by atoms with E-state index < -0.39 is 0 Å². The van der Waals surface area contributed by atoms with Gasteiger partial charge in [0.25, 0.3) is 0 Å². The largest absolute Gasteiger partial charge is 0.378 e. The van der Waals surface area contributed by atoms with E-state index in [9.17, 15) is 0 Å². The summed E-state index contributed by atoms with van der Waals surface area (Å²) < 4.78 is 11.7. The minimum Gasteiger partial charge on any atom is -0.378 e. The molecule has 1 aliphatic heterocycles. The van der Waals surface area contributed by atoms with Crippen molar-refractivity contribution in [3.8, 4) is 0 Å². The van der Waals surface area contributed by atoms with Crippen molar-refractivity contribution in [2.75, 3.05) is 26.2 Å². The molecule has 2 rings (SSSR count). The molecule has 2 fully saturated rings. The molecule has 3 nitrogen and oxygen atoms in total. The molecular weight excluding hydrogens is 250 g/mol. The van der Waals surface area contributed by atoms with E-state index >= 15 is 0 Å². The van der Waals surface area contributed by atoms with Crippen molar-refractivity contribution in [2.24, 2.45) is 5.41 Å². The summed E-state index contributed by atoms with van der Waals surface area (Å²) in [7, 11) is 0. The van der Waals surface area contributed by atoms with Gasteiger partial charge in [-0.1, -0.05) is 0 Å². The van der Waals surface area contributed by atoms with Crippen molar-refractivity contribution < 1.29 is 9.47 Å². The van der Waals surface area contributed by atoms with Crippen LogP contribution in [0.2, 0.25) is 0 Å². The fraction of sp³-hybridized carbons (Fsp3) is 1.00. The van der Waals surface area contributed by atoms with E-state index in [0.29, 0.717) is 23.7 Å². The molecule has 0 amide bonds. The highest BCUT2D eigenvalue weighted by Crippen LogP contribution is 2.49. The minimum atomic E-state index is 0.370. The van der Waals surface area contributed by atoms with E-state index in [1.54, 1.807) is 0 Å². The number of rotatable bonds is 8. The van der Waals surface area contributed by atoms with Gasteiger partial charge in [0.2, 0.25) is 0 Å². The Labute approximate surface area is 125 Å². The third-order valence-corrected chi connectivity index (χ3v) is 4.64. The van der Waals surface area contributed by atoms with Crippen molar-refractivity contribution in [1.29, 1.82) is 0 Å². The summed E-state index contributed by atoms with van der Waals surface area (Å²) in [5.74, 6) is 0. The zero-order valence-electron chi connectivity index (χ0n) is 13.9. The van der Waals surface area contributed by atoms with Gasteiger partial charge >= 0.3 is 0 Å². The molecule has 0 aromatic carbocycles. The summed E-state index contributed by atoms with van der Waals surface area (Å²) in [5.41, 5.74) is 0.523. The minimum absolute atomic E-state index is 0.370. The fourth-order valence-electron chi connectivity index (χ4n) is 3.04. The first kappa shape index (κ1) is 16.3. The lowest BCUT2D eigenvalue weighted by Gasteiger charge is -2.33. The highest BCUT2D eigenvalue weighted by Gasteiger charge is 2.42. The van der Waals surface area contributed by atoms with Crippen LogP contribution in [0.3, 0.4) is 0 Å². The fourth-order valence-corrected chi connectivity index (χ4v) is 3.04. The maximum Gasteiger partial charge on any atom is 0.0603 e. The van der Waals surface area contributed by atoms with Crippen LogP contribution in [0.25, 0.3) is 0 Å². The van der Waals surface area contributed by atoms with Gasteiger partial charge in [-0.25, -0.2) is 0 Å². The van der Waals surface area contributed by atoms with Gasteiger partial charge in [0, 0.05) is 13.1 Å². The molecule has 0 aromatic rings. The average molecular weight is 283 g/mol. The zero-order chi connectivity index (χ0) is 14.6. The number of piperidine rings is 1. The van der Waals surface area contributed by atoms with E-state index in [1.807, 2.05) is 0 Å². The second-order valence-electron chi connectivity index (χ2n) is 7.34. The smallest absolute Gasteiger partial charge is 0.0603 e. The predicted molar refractivity (Wildman–Crippen MR) is 83.1 cm³/mol. The van der Waals surface area contributed by atoms with Crippen LogP contribution in [-0.4, -0.2) is 49.5 Å². The summed E-state index contributed by atoms with van der Waals surface area (Å²) in [4.78, 5) is 2.62. The van der Waals surface area contributed by atoms with Crippen LogP contribution in [-0.2, 0) is 9.47 Å². The Morgan fingerprint density at radius 1 is 1.05 bits per heavy atom. The Balaban J connectivity index is 1.61. The van der Waals surface area contributed by atoms with Crippen LogP contribution in [0.1, 0.15) is 59.8 Å². The van der Waals surface area contributed by atoms with E-state index in [-0.39, 0.29) is 0 Å². The Morgan fingerprint density at radius 2 is 1.70 bits per heavy atom. The van der Waals surface area contributed by atoms with Gasteiger partial charge < -0.3 is 14.4 Å². The molecule has 1 saturated heterocycles. The second kappa shape index (κ2) is 7.24. The number of hydrogen-bond acceptors (Lipinski definition) is 3. The van der Waals surface area contributed by atoms with Crippen molar-refractivity contribution in [3.63, 3.8) is 0 Å². The third kappa shape index (κ3) is 5.34. The molecule has 1 saturated carbocycles. The summed E-state index contributed by atoms with van der Waals surface area (Å²) >= 11 is 0. The van der Waals surface area contributed by atoms with E-state index in [4.69, 9.17) is 9.47 Å². The highest BCUT2D eigenvalue weighted by molar-refractivity contribution is 4.94. The summed E-state index contributed by atoms with van der Waals surface area (Å²) in [6, 6.07) is 0. The molecule has 0 unspecified atom stereocenters. The molecule has 20 heavy (non-hydrogen) atoms. The SMILES string of the molecule is CC(C)OCC1(CCN2CCC(OC(C)C)CC2)CC1. The van der Waals surface area contributed by atoms with Gasteiger partial charge in [-0.3, -0.25) is 0 Å². The van der Waals surface area contributed by atoms with E-state index in [1.165, 1.54) is 51.7 Å². The third-order valence-electron chi connectivity index (χ3n) is 4.64. The summed E-state index contributed by atoms with van der Waals surface area (Å²) in [6.07, 6.45) is 7.69. The van der Waals surface area contributed by atoms with Crippen LogP contribution >= 0.6 is 0 Å². The monoisotopic (exact) mass is 283 g/mol. The van der Waals surface area contributed by atoms with Crippen molar-refractivity contribution in [3.05, 3.63) is 0 Å². The van der Waals surface area contributed by atoms with Crippen molar-refractivity contribution >= 4 is 0 Å². The Bertz CT molecular complexity index is 279. The Kier molecular flexibility index (Phi) is 5.88. The summed E-state index contributed by atoms with van der Waals surface area (Å²) in [6.45, 7) is 13.2. The quantitative estimate of drug-likeness (QED) is 0.681. The van der Waals surface area contributed by atoms with Gasteiger partial charge in [0.1, 0.15) is 0 Å². The van der Waals surface area contributed by atoms with Gasteiger partial charge in [0.15, 0.2) is 0 Å². The first-order valence-electron chi connectivity index (χ1n) is 8.48. The lowest BCUT2D eigenvalue weighted by atomic mass is 10.0. The topological polar surface area (TPSA) is 21.7 Å². The number of likely N-dealkylation sites (tertiary alicyclic amines) is 1. The molecule has 3 heteroatoms. The molecule has 118 valence electrons. The second-order valence-corrected chi connectivity index (χ2v) is 7.34. The van der Waals surface area contributed by atoms with Gasteiger partial charge in [-0.15, -0.1) is 0 Å². The van der Waals surface area contributed by atoms with E-state index in [0.717, 1.165) is 6.61 Å². The summed E-state index contributed by atoms with van der Waals surface area (Å²) in [5, 5.41) is 0. The van der Waals surface area contributed by atoms with Crippen LogP contribution in [0.4, 0.5) is 0 Å². The molecule has 0 N–H and O–H groups in total. The first-order valence-corrected chi connectivity index (χ1v) is 8.48. The van der Waals surface area contributed by atoms with Gasteiger partial charge in [0.05, 0.1) is 24.9 Å². The molecule has 0 atom stereocenters. The number of ether oxygens (including phenoxy) is 2.